The molecule has 1 N–H and O–H groups in total. The number of carbonyl (C=O) groups is 1. The van der Waals surface area contributed by atoms with Crippen molar-refractivity contribution in [1.29, 1.82) is 0 Å². The zero-order valence-corrected chi connectivity index (χ0v) is 16.0. The summed E-state index contributed by atoms with van der Waals surface area (Å²) < 4.78 is 8.20. The molecule has 4 rings (SSSR count). The van der Waals surface area contributed by atoms with E-state index in [1.807, 2.05) is 43.4 Å². The molecule has 0 radical (unpaired) electrons. The number of amides is 1. The molecule has 1 amide bonds. The zero-order valence-electron chi connectivity index (χ0n) is 16.0. The van der Waals surface area contributed by atoms with Gasteiger partial charge in [0.2, 0.25) is 0 Å². The van der Waals surface area contributed by atoms with E-state index in [-0.39, 0.29) is 5.91 Å². The first kappa shape index (κ1) is 18.0. The fourth-order valence-corrected chi connectivity index (χ4v) is 3.74. The van der Waals surface area contributed by atoms with Crippen LogP contribution in [0.25, 0.3) is 0 Å². The van der Waals surface area contributed by atoms with Gasteiger partial charge >= 0.3 is 0 Å². The second-order valence-corrected chi connectivity index (χ2v) is 7.62. The summed E-state index contributed by atoms with van der Waals surface area (Å²) in [5, 5.41) is 7.60. The lowest BCUT2D eigenvalue weighted by molar-refractivity contribution is -0.152. The Morgan fingerprint density at radius 2 is 2.19 bits per heavy atom. The van der Waals surface area contributed by atoms with Gasteiger partial charge in [0.15, 0.2) is 5.60 Å². The fourth-order valence-electron chi connectivity index (χ4n) is 3.74. The van der Waals surface area contributed by atoms with Gasteiger partial charge in [0.25, 0.3) is 5.91 Å². The number of aromatic nitrogens is 3. The smallest absolute Gasteiger partial charge is 0.267 e. The Kier molecular flexibility index (Phi) is 4.86. The van der Waals surface area contributed by atoms with E-state index in [0.29, 0.717) is 31.2 Å². The molecule has 144 valence electrons. The molecule has 0 spiro atoms. The Morgan fingerprint density at radius 3 is 2.81 bits per heavy atom. The third-order valence-electron chi connectivity index (χ3n) is 5.42. The molecule has 7 heteroatoms. The first-order valence-electron chi connectivity index (χ1n) is 9.67. The van der Waals surface area contributed by atoms with Gasteiger partial charge in [0.05, 0.1) is 11.9 Å². The maximum absolute atomic E-state index is 13.8. The predicted octanol–water partition coefficient (Wildman–Crippen LogP) is 1.82. The summed E-state index contributed by atoms with van der Waals surface area (Å²) in [5.41, 5.74) is 1.04. The lowest BCUT2D eigenvalue weighted by Gasteiger charge is -2.40. The van der Waals surface area contributed by atoms with Crippen LogP contribution >= 0.6 is 0 Å². The van der Waals surface area contributed by atoms with Crippen LogP contribution in [0.2, 0.25) is 0 Å². The molecule has 2 aromatic heterocycles. The molecule has 1 aliphatic heterocycles. The van der Waals surface area contributed by atoms with Gasteiger partial charge < -0.3 is 15.0 Å². The van der Waals surface area contributed by atoms with Crippen molar-refractivity contribution < 1.29 is 9.53 Å². The van der Waals surface area contributed by atoms with E-state index in [2.05, 4.69) is 15.4 Å². The lowest BCUT2D eigenvalue weighted by atomic mass is 9.90. The third kappa shape index (κ3) is 3.83. The molecule has 27 heavy (non-hydrogen) atoms. The number of nitrogens with one attached hydrogen (secondary N) is 1. The molecule has 1 saturated heterocycles. The lowest BCUT2D eigenvalue weighted by Crippen LogP contribution is -2.58. The van der Waals surface area contributed by atoms with Gasteiger partial charge in [0.1, 0.15) is 5.75 Å². The minimum absolute atomic E-state index is 0.0959. The van der Waals surface area contributed by atoms with Crippen LogP contribution in [0.1, 0.15) is 36.9 Å². The highest BCUT2D eigenvalue weighted by Crippen LogP contribution is 2.35. The van der Waals surface area contributed by atoms with Gasteiger partial charge in [-0.3, -0.25) is 14.5 Å². The molecule has 2 fully saturated rings. The summed E-state index contributed by atoms with van der Waals surface area (Å²) in [7, 11) is 1.90. The van der Waals surface area contributed by atoms with Crippen molar-refractivity contribution in [3.05, 3.63) is 42.0 Å². The normalized spacial score (nSPS) is 18.9. The average Bonchev–Trinajstić information content (AvgIpc) is 3.44. The minimum Gasteiger partial charge on any atom is -0.475 e. The number of ether oxygens (including phenoxy) is 1. The summed E-state index contributed by atoms with van der Waals surface area (Å²) in [5.74, 6) is 0.795. The molecule has 1 aliphatic carbocycles. The van der Waals surface area contributed by atoms with Crippen molar-refractivity contribution in [3.63, 3.8) is 0 Å². The Labute approximate surface area is 159 Å². The Bertz CT molecular complexity index is 808. The molecular formula is C20H27N5O2. The van der Waals surface area contributed by atoms with Gasteiger partial charge in [-0.25, -0.2) is 0 Å². The summed E-state index contributed by atoms with van der Waals surface area (Å²) >= 11 is 0. The van der Waals surface area contributed by atoms with E-state index in [4.69, 9.17) is 4.74 Å². The van der Waals surface area contributed by atoms with Crippen molar-refractivity contribution in [1.82, 2.24) is 25.0 Å². The predicted molar refractivity (Wildman–Crippen MR) is 101 cm³/mol. The highest BCUT2D eigenvalue weighted by atomic mass is 16.5. The van der Waals surface area contributed by atoms with Crippen molar-refractivity contribution in [2.45, 2.75) is 50.8 Å². The van der Waals surface area contributed by atoms with E-state index >= 15 is 0 Å². The largest absolute Gasteiger partial charge is 0.475 e. The maximum atomic E-state index is 13.8. The molecule has 3 heterocycles. The number of hydrogen-bond donors (Lipinski definition) is 1. The minimum atomic E-state index is -0.830. The Hall–Kier alpha value is -2.41. The van der Waals surface area contributed by atoms with Crippen LogP contribution in [0.4, 0.5) is 0 Å². The molecule has 0 atom stereocenters. The highest BCUT2D eigenvalue weighted by Gasteiger charge is 2.48. The first-order valence-corrected chi connectivity index (χ1v) is 9.67. The number of nitrogens with zero attached hydrogens (tertiary/aromatic N) is 4. The van der Waals surface area contributed by atoms with Gasteiger partial charge in [-0.15, -0.1) is 0 Å². The number of hydrogen-bond acceptors (Lipinski definition) is 5. The number of rotatable bonds is 6. The molecular weight excluding hydrogens is 342 g/mol. The van der Waals surface area contributed by atoms with Crippen LogP contribution in [0.3, 0.4) is 0 Å². The van der Waals surface area contributed by atoms with Crippen LogP contribution in [-0.4, -0.2) is 50.3 Å². The van der Waals surface area contributed by atoms with Crippen LogP contribution in [0.5, 0.6) is 5.75 Å². The summed E-state index contributed by atoms with van der Waals surface area (Å²) in [6.45, 7) is 4.05. The van der Waals surface area contributed by atoms with Crippen LogP contribution < -0.4 is 10.1 Å². The number of pyridine rings is 1. The quantitative estimate of drug-likeness (QED) is 0.841. The zero-order chi connectivity index (χ0) is 18.9. The Balaban J connectivity index is 1.61. The standard InChI is InChI=1S/C20H27N5O2/c1-15-18(4-3-9-22-15)27-20(7-10-21-11-8-20)19(26)25(17-5-6-17)14-16-12-23-24(2)13-16/h3-4,9,12-13,17,21H,5-8,10-11,14H2,1-2H3. The van der Waals surface area contributed by atoms with Crippen molar-refractivity contribution in [2.75, 3.05) is 13.1 Å². The molecule has 0 unspecified atom stereocenters. The number of piperidine rings is 1. The molecule has 0 aromatic carbocycles. The molecule has 7 nitrogen and oxygen atoms in total. The second-order valence-electron chi connectivity index (χ2n) is 7.62. The maximum Gasteiger partial charge on any atom is 0.267 e. The number of carbonyl (C=O) groups excluding carboxylic acids is 1. The van der Waals surface area contributed by atoms with E-state index in [1.54, 1.807) is 10.9 Å². The third-order valence-corrected chi connectivity index (χ3v) is 5.42. The van der Waals surface area contributed by atoms with Crippen molar-refractivity contribution in [2.24, 2.45) is 7.05 Å². The van der Waals surface area contributed by atoms with E-state index < -0.39 is 5.60 Å². The van der Waals surface area contributed by atoms with Gasteiger partial charge in [-0.2, -0.15) is 5.10 Å². The second kappa shape index (κ2) is 7.31. The number of aryl methyl sites for hydroxylation is 2. The van der Waals surface area contributed by atoms with E-state index in [9.17, 15) is 4.79 Å². The van der Waals surface area contributed by atoms with Crippen molar-refractivity contribution in [3.8, 4) is 5.75 Å². The van der Waals surface area contributed by atoms with Gasteiger partial charge in [-0.1, -0.05) is 0 Å². The first-order chi connectivity index (χ1) is 13.1. The summed E-state index contributed by atoms with van der Waals surface area (Å²) in [6, 6.07) is 4.07. The molecule has 2 aliphatic rings. The molecule has 1 saturated carbocycles. The molecule has 0 bridgehead atoms. The fraction of sp³-hybridized carbons (Fsp3) is 0.550. The van der Waals surface area contributed by atoms with Gasteiger partial charge in [-0.05, 0) is 45.0 Å². The van der Waals surface area contributed by atoms with Crippen LogP contribution in [0.15, 0.2) is 30.7 Å². The molecule has 2 aromatic rings. The monoisotopic (exact) mass is 369 g/mol. The van der Waals surface area contributed by atoms with Crippen molar-refractivity contribution >= 4 is 5.91 Å². The Morgan fingerprint density at radius 1 is 1.41 bits per heavy atom. The van der Waals surface area contributed by atoms with Crippen LogP contribution in [-0.2, 0) is 18.4 Å². The topological polar surface area (TPSA) is 72.3 Å². The average molecular weight is 369 g/mol. The van der Waals surface area contributed by atoms with E-state index in [0.717, 1.165) is 37.2 Å². The highest BCUT2D eigenvalue weighted by molar-refractivity contribution is 5.86. The van der Waals surface area contributed by atoms with Crippen LogP contribution in [0, 0.1) is 6.92 Å². The summed E-state index contributed by atoms with van der Waals surface area (Å²) in [6.07, 6.45) is 9.01. The summed E-state index contributed by atoms with van der Waals surface area (Å²) in [4.78, 5) is 20.1. The van der Waals surface area contributed by atoms with E-state index in [1.165, 1.54) is 0 Å². The SMILES string of the molecule is Cc1ncccc1OC1(C(=O)N(Cc2cnn(C)c2)C2CC2)CCNCC1. The van der Waals surface area contributed by atoms with Gasteiger partial charge in [0, 0.05) is 50.4 Å².